The fourth-order valence-corrected chi connectivity index (χ4v) is 1.70. The Morgan fingerprint density at radius 1 is 1.44 bits per heavy atom. The zero-order valence-electron chi connectivity index (χ0n) is 10.1. The second-order valence-electron chi connectivity index (χ2n) is 4.60. The molecular weight excluding hydrogens is 224 g/mol. The highest BCUT2D eigenvalue weighted by atomic mass is 35.5. The molecule has 0 aromatic carbocycles. The normalized spacial score (nSPS) is 12.1. The Morgan fingerprint density at radius 2 is 2.12 bits per heavy atom. The molecule has 1 N–H and O–H groups in total. The second-order valence-corrected chi connectivity index (χ2v) is 4.99. The van der Waals surface area contributed by atoms with Crippen molar-refractivity contribution >= 4 is 11.6 Å². The Labute approximate surface area is 102 Å². The molecule has 0 bridgehead atoms. The van der Waals surface area contributed by atoms with E-state index in [4.69, 9.17) is 11.6 Å². The van der Waals surface area contributed by atoms with E-state index in [2.05, 4.69) is 16.8 Å². The molecule has 1 aromatic heterocycles. The summed E-state index contributed by atoms with van der Waals surface area (Å²) in [6, 6.07) is 3.75. The fraction of sp³-hybridized carbons (Fsp3) is 0.583. The van der Waals surface area contributed by atoms with Gasteiger partial charge in [-0.1, -0.05) is 24.6 Å². The first-order chi connectivity index (χ1) is 7.40. The van der Waals surface area contributed by atoms with Gasteiger partial charge in [0.2, 0.25) is 0 Å². The summed E-state index contributed by atoms with van der Waals surface area (Å²) in [5.41, 5.74) is 0.436. The molecular formula is C12H19ClN2O. The number of nitrogens with zero attached hydrogens (tertiary/aromatic N) is 2. The topological polar surface area (TPSA) is 36.4 Å². The third-order valence-corrected chi connectivity index (χ3v) is 2.48. The maximum atomic E-state index is 9.76. The molecule has 0 aliphatic rings. The summed E-state index contributed by atoms with van der Waals surface area (Å²) in [5.74, 6) is 0. The highest BCUT2D eigenvalue weighted by Gasteiger charge is 2.17. The molecule has 0 saturated carbocycles. The minimum absolute atomic E-state index is 0.509. The van der Waals surface area contributed by atoms with Gasteiger partial charge in [-0.15, -0.1) is 0 Å². The van der Waals surface area contributed by atoms with Crippen molar-refractivity contribution < 1.29 is 5.11 Å². The van der Waals surface area contributed by atoms with E-state index in [9.17, 15) is 5.11 Å². The van der Waals surface area contributed by atoms with Crippen LogP contribution < -0.4 is 0 Å². The number of pyridine rings is 1. The zero-order chi connectivity index (χ0) is 12.2. The predicted octanol–water partition coefficient (Wildman–Crippen LogP) is 2.33. The third kappa shape index (κ3) is 4.92. The van der Waals surface area contributed by atoms with Crippen LogP contribution in [0.4, 0.5) is 0 Å². The zero-order valence-corrected chi connectivity index (χ0v) is 10.8. The van der Waals surface area contributed by atoms with E-state index in [0.29, 0.717) is 11.7 Å². The Balaban J connectivity index is 2.60. The van der Waals surface area contributed by atoms with Crippen molar-refractivity contribution in [3.8, 4) is 0 Å². The van der Waals surface area contributed by atoms with Crippen molar-refractivity contribution in [1.82, 2.24) is 9.88 Å². The standard InChI is InChI=1S/C12H19ClN2O/c1-4-15(9-12(2,3)16)8-10-5-6-11(13)14-7-10/h5-7,16H,4,8-9H2,1-3H3. The summed E-state index contributed by atoms with van der Waals surface area (Å²) in [4.78, 5) is 6.21. The maximum absolute atomic E-state index is 9.76. The van der Waals surface area contributed by atoms with Crippen molar-refractivity contribution in [1.29, 1.82) is 0 Å². The highest BCUT2D eigenvalue weighted by molar-refractivity contribution is 6.29. The van der Waals surface area contributed by atoms with Crippen molar-refractivity contribution in [3.63, 3.8) is 0 Å². The molecule has 0 spiro atoms. The van der Waals surface area contributed by atoms with Crippen LogP contribution in [-0.2, 0) is 6.54 Å². The van der Waals surface area contributed by atoms with E-state index < -0.39 is 5.60 Å². The van der Waals surface area contributed by atoms with Crippen molar-refractivity contribution in [2.75, 3.05) is 13.1 Å². The van der Waals surface area contributed by atoms with Gasteiger partial charge >= 0.3 is 0 Å². The van der Waals surface area contributed by atoms with Crippen LogP contribution in [0, 0.1) is 0 Å². The van der Waals surface area contributed by atoms with Gasteiger partial charge in [0.15, 0.2) is 0 Å². The van der Waals surface area contributed by atoms with E-state index >= 15 is 0 Å². The molecule has 3 nitrogen and oxygen atoms in total. The number of aliphatic hydroxyl groups is 1. The van der Waals surface area contributed by atoms with Gasteiger partial charge in [0.05, 0.1) is 5.60 Å². The molecule has 1 aromatic rings. The summed E-state index contributed by atoms with van der Waals surface area (Å²) < 4.78 is 0. The summed E-state index contributed by atoms with van der Waals surface area (Å²) in [5, 5.41) is 10.3. The third-order valence-electron chi connectivity index (χ3n) is 2.25. The van der Waals surface area contributed by atoms with E-state index in [1.165, 1.54) is 0 Å². The van der Waals surface area contributed by atoms with Crippen LogP contribution in [0.25, 0.3) is 0 Å². The number of likely N-dealkylation sites (N-methyl/N-ethyl adjacent to an activating group) is 1. The van der Waals surface area contributed by atoms with Crippen LogP contribution in [0.5, 0.6) is 0 Å². The Morgan fingerprint density at radius 3 is 2.56 bits per heavy atom. The van der Waals surface area contributed by atoms with Crippen molar-refractivity contribution in [2.45, 2.75) is 32.9 Å². The molecule has 90 valence electrons. The van der Waals surface area contributed by atoms with Gasteiger partial charge in [0.25, 0.3) is 0 Å². The summed E-state index contributed by atoms with van der Waals surface area (Å²) in [7, 11) is 0. The average Bonchev–Trinajstić information content (AvgIpc) is 2.18. The van der Waals surface area contributed by atoms with Crippen LogP contribution in [0.3, 0.4) is 0 Å². The minimum atomic E-state index is -0.671. The Bertz CT molecular complexity index is 319. The first kappa shape index (κ1) is 13.4. The molecule has 0 atom stereocenters. The quantitative estimate of drug-likeness (QED) is 0.806. The lowest BCUT2D eigenvalue weighted by molar-refractivity contribution is 0.0353. The van der Waals surface area contributed by atoms with Crippen LogP contribution in [0.15, 0.2) is 18.3 Å². The molecule has 0 fully saturated rings. The van der Waals surface area contributed by atoms with Crippen LogP contribution >= 0.6 is 11.6 Å². The first-order valence-corrected chi connectivity index (χ1v) is 5.83. The predicted molar refractivity (Wildman–Crippen MR) is 66.5 cm³/mol. The number of aromatic nitrogens is 1. The van der Waals surface area contributed by atoms with Crippen molar-refractivity contribution in [2.24, 2.45) is 0 Å². The van der Waals surface area contributed by atoms with Crippen LogP contribution in [0.2, 0.25) is 5.15 Å². The SMILES string of the molecule is CCN(Cc1ccc(Cl)nc1)CC(C)(C)O. The maximum Gasteiger partial charge on any atom is 0.129 e. The Kier molecular flexibility index (Phi) is 4.71. The number of rotatable bonds is 5. The van der Waals surface area contributed by atoms with E-state index in [0.717, 1.165) is 18.7 Å². The van der Waals surface area contributed by atoms with Gasteiger partial charge in [-0.25, -0.2) is 4.98 Å². The molecule has 1 rings (SSSR count). The highest BCUT2D eigenvalue weighted by Crippen LogP contribution is 2.11. The summed E-state index contributed by atoms with van der Waals surface area (Å²) >= 11 is 5.72. The molecule has 0 radical (unpaired) electrons. The van der Waals surface area contributed by atoms with Crippen LogP contribution in [-0.4, -0.2) is 33.7 Å². The summed E-state index contributed by atoms with van der Waals surface area (Å²) in [6.45, 7) is 8.03. The fourth-order valence-electron chi connectivity index (χ4n) is 1.58. The summed E-state index contributed by atoms with van der Waals surface area (Å²) in [6.07, 6.45) is 1.77. The average molecular weight is 243 g/mol. The molecule has 0 unspecified atom stereocenters. The largest absolute Gasteiger partial charge is 0.389 e. The second kappa shape index (κ2) is 5.62. The smallest absolute Gasteiger partial charge is 0.129 e. The molecule has 0 aliphatic carbocycles. The molecule has 0 aliphatic heterocycles. The number of hydrogen-bond acceptors (Lipinski definition) is 3. The van der Waals surface area contributed by atoms with Gasteiger partial charge < -0.3 is 5.11 Å². The molecule has 1 heterocycles. The van der Waals surface area contributed by atoms with Crippen LogP contribution in [0.1, 0.15) is 26.3 Å². The van der Waals surface area contributed by atoms with Gasteiger partial charge in [0, 0.05) is 19.3 Å². The van der Waals surface area contributed by atoms with E-state index in [1.54, 1.807) is 12.3 Å². The number of hydrogen-bond donors (Lipinski definition) is 1. The monoisotopic (exact) mass is 242 g/mol. The van der Waals surface area contributed by atoms with Gasteiger partial charge in [0.1, 0.15) is 5.15 Å². The molecule has 16 heavy (non-hydrogen) atoms. The van der Waals surface area contributed by atoms with Gasteiger partial charge in [-0.2, -0.15) is 0 Å². The lowest BCUT2D eigenvalue weighted by Crippen LogP contribution is -2.38. The van der Waals surface area contributed by atoms with Crippen molar-refractivity contribution in [3.05, 3.63) is 29.0 Å². The number of halogens is 1. The van der Waals surface area contributed by atoms with E-state index in [-0.39, 0.29) is 0 Å². The lowest BCUT2D eigenvalue weighted by atomic mass is 10.1. The molecule has 4 heteroatoms. The lowest BCUT2D eigenvalue weighted by Gasteiger charge is -2.27. The Hall–Kier alpha value is -0.640. The molecule has 0 amide bonds. The van der Waals surface area contributed by atoms with Gasteiger partial charge in [-0.3, -0.25) is 4.90 Å². The van der Waals surface area contributed by atoms with E-state index in [1.807, 2.05) is 19.9 Å². The first-order valence-electron chi connectivity index (χ1n) is 5.46. The molecule has 0 saturated heterocycles. The van der Waals surface area contributed by atoms with Gasteiger partial charge in [-0.05, 0) is 32.0 Å². The minimum Gasteiger partial charge on any atom is -0.389 e.